The third-order valence-electron chi connectivity index (χ3n) is 11.0. The van der Waals surface area contributed by atoms with E-state index in [-0.39, 0.29) is 44.1 Å². The molecule has 8 nitrogen and oxygen atoms in total. The predicted octanol–water partition coefficient (Wildman–Crippen LogP) is 5.49. The number of rotatable bonds is 6. The standard InChI is InChI=1S/C37H39F3N6O2/c1-23(38)36(47)46-15-14-44(21-26(46)10-12-41)34-30-16-32(40)29(28-9-4-7-24-6-2-3-8-27(24)28)17-33(30)43-35(31(34)19-42)48-22-37-11-5-13-45(37)20-25(39)18-37/h4,7,9,16-17,25-26,30,33H,1-3,5-6,8,10-11,13-15,18,20-22H2/t25-,26+,30?,33?,37+/m1/s1. The minimum absolute atomic E-state index is 0.0631. The first-order valence-corrected chi connectivity index (χ1v) is 17.0. The van der Waals surface area contributed by atoms with Gasteiger partial charge in [0, 0.05) is 49.8 Å². The SMILES string of the molecule is C=C(F)C(=O)N1CCN(C2=C(C#N)C(OC[C@@]34CCCN3C[C@H](F)C4)=NC3C=C(c4cccc5c4CCCC5)C(F)=CC23)C[C@@H]1CC#N. The minimum Gasteiger partial charge on any atom is -0.475 e. The Kier molecular flexibility index (Phi) is 8.68. The van der Waals surface area contributed by atoms with Gasteiger partial charge in [-0.3, -0.25) is 9.69 Å². The fourth-order valence-electron chi connectivity index (χ4n) is 8.80. The average molecular weight is 657 g/mol. The number of halogens is 3. The van der Waals surface area contributed by atoms with Crippen molar-refractivity contribution in [1.82, 2.24) is 14.7 Å². The van der Waals surface area contributed by atoms with Crippen LogP contribution < -0.4 is 0 Å². The number of carbonyl (C=O) groups excluding carboxylic acids is 1. The first-order valence-electron chi connectivity index (χ1n) is 17.0. The number of piperazine rings is 1. The largest absolute Gasteiger partial charge is 0.475 e. The van der Waals surface area contributed by atoms with Crippen molar-refractivity contribution in [2.75, 3.05) is 39.3 Å². The van der Waals surface area contributed by atoms with E-state index in [1.165, 1.54) is 16.5 Å². The second-order valence-corrected chi connectivity index (χ2v) is 13.8. The molecule has 48 heavy (non-hydrogen) atoms. The fraction of sp³-hybridized carbons (Fsp3) is 0.514. The highest BCUT2D eigenvalue weighted by molar-refractivity contribution is 6.00. The highest BCUT2D eigenvalue weighted by Gasteiger charge is 2.50. The molecule has 4 aliphatic heterocycles. The number of nitriles is 2. The van der Waals surface area contributed by atoms with E-state index < -0.39 is 47.3 Å². The van der Waals surface area contributed by atoms with Crippen molar-refractivity contribution in [1.29, 1.82) is 10.5 Å². The number of ether oxygens (including phenoxy) is 1. The lowest BCUT2D eigenvalue weighted by atomic mass is 9.79. The highest BCUT2D eigenvalue weighted by Crippen LogP contribution is 2.44. The van der Waals surface area contributed by atoms with Crippen molar-refractivity contribution in [3.63, 3.8) is 0 Å². The summed E-state index contributed by atoms with van der Waals surface area (Å²) < 4.78 is 51.3. The molecule has 250 valence electrons. The van der Waals surface area contributed by atoms with Gasteiger partial charge in [0.1, 0.15) is 30.2 Å². The number of alkyl halides is 1. The van der Waals surface area contributed by atoms with Gasteiger partial charge in [0.15, 0.2) is 5.83 Å². The van der Waals surface area contributed by atoms with Crippen LogP contribution in [0, 0.1) is 28.6 Å². The second-order valence-electron chi connectivity index (χ2n) is 13.8. The fourth-order valence-corrected chi connectivity index (χ4v) is 8.80. The average Bonchev–Trinajstić information content (AvgIpc) is 3.61. The number of fused-ring (bicyclic) bond motifs is 3. The third-order valence-corrected chi connectivity index (χ3v) is 11.0. The highest BCUT2D eigenvalue weighted by atomic mass is 19.1. The molecule has 0 N–H and O–H groups in total. The molecule has 3 fully saturated rings. The van der Waals surface area contributed by atoms with E-state index in [2.05, 4.69) is 29.7 Å². The maximum atomic E-state index is 16.3. The molecule has 7 rings (SSSR count). The lowest BCUT2D eigenvalue weighted by Crippen LogP contribution is -2.56. The van der Waals surface area contributed by atoms with E-state index in [0.29, 0.717) is 24.2 Å². The van der Waals surface area contributed by atoms with Crippen LogP contribution in [0.2, 0.25) is 0 Å². The summed E-state index contributed by atoms with van der Waals surface area (Å²) in [6.07, 6.45) is 8.38. The molecule has 0 radical (unpaired) electrons. The molecular weight excluding hydrogens is 617 g/mol. The summed E-state index contributed by atoms with van der Waals surface area (Å²) in [5.41, 5.74) is 3.87. The zero-order chi connectivity index (χ0) is 33.6. The molecule has 0 bridgehead atoms. The molecule has 1 aromatic rings. The van der Waals surface area contributed by atoms with Gasteiger partial charge < -0.3 is 14.5 Å². The van der Waals surface area contributed by atoms with Crippen LogP contribution in [0.15, 0.2) is 64.8 Å². The van der Waals surface area contributed by atoms with Crippen LogP contribution in [0.1, 0.15) is 55.2 Å². The monoisotopic (exact) mass is 656 g/mol. The van der Waals surface area contributed by atoms with Gasteiger partial charge in [-0.05, 0) is 73.9 Å². The number of nitrogens with zero attached hydrogens (tertiary/aromatic N) is 6. The quantitative estimate of drug-likeness (QED) is 0.376. The molecular formula is C37H39F3N6O2. The number of benzene rings is 1. The van der Waals surface area contributed by atoms with E-state index >= 15 is 4.39 Å². The van der Waals surface area contributed by atoms with Gasteiger partial charge in [-0.15, -0.1) is 0 Å². The molecule has 4 heterocycles. The lowest BCUT2D eigenvalue weighted by Gasteiger charge is -2.45. The summed E-state index contributed by atoms with van der Waals surface area (Å²) in [6.45, 7) is 4.90. The van der Waals surface area contributed by atoms with Crippen LogP contribution in [0.3, 0.4) is 0 Å². The molecule has 11 heteroatoms. The van der Waals surface area contributed by atoms with E-state index in [0.717, 1.165) is 56.2 Å². The molecule has 0 saturated carbocycles. The Morgan fingerprint density at radius 1 is 1.12 bits per heavy atom. The van der Waals surface area contributed by atoms with Gasteiger partial charge in [-0.25, -0.2) is 18.2 Å². The molecule has 1 amide bonds. The Hall–Kier alpha value is -4.35. The molecule has 1 aromatic carbocycles. The van der Waals surface area contributed by atoms with Gasteiger partial charge in [0.25, 0.3) is 5.91 Å². The van der Waals surface area contributed by atoms with E-state index in [1.807, 2.05) is 23.1 Å². The van der Waals surface area contributed by atoms with Crippen molar-refractivity contribution in [3.8, 4) is 12.1 Å². The number of aliphatic imine (C=N–C) groups is 1. The van der Waals surface area contributed by atoms with Crippen LogP contribution in [0.25, 0.3) is 5.57 Å². The van der Waals surface area contributed by atoms with E-state index in [9.17, 15) is 24.1 Å². The Morgan fingerprint density at radius 2 is 1.96 bits per heavy atom. The van der Waals surface area contributed by atoms with Crippen LogP contribution in [0.5, 0.6) is 0 Å². The Balaban J connectivity index is 1.28. The summed E-state index contributed by atoms with van der Waals surface area (Å²) in [5.74, 6) is -2.90. The summed E-state index contributed by atoms with van der Waals surface area (Å²) in [7, 11) is 0. The molecule has 0 aromatic heterocycles. The maximum Gasteiger partial charge on any atom is 0.282 e. The summed E-state index contributed by atoms with van der Waals surface area (Å²) in [4.78, 5) is 22.9. The molecule has 0 spiro atoms. The Morgan fingerprint density at radius 3 is 2.75 bits per heavy atom. The number of hydrogen-bond acceptors (Lipinski definition) is 7. The van der Waals surface area contributed by atoms with Gasteiger partial charge in [0.05, 0.1) is 30.1 Å². The number of hydrogen-bond donors (Lipinski definition) is 0. The smallest absolute Gasteiger partial charge is 0.282 e. The van der Waals surface area contributed by atoms with Gasteiger partial charge in [0.2, 0.25) is 5.90 Å². The van der Waals surface area contributed by atoms with Gasteiger partial charge >= 0.3 is 0 Å². The first kappa shape index (κ1) is 32.2. The molecule has 5 atom stereocenters. The Bertz CT molecular complexity index is 1740. The topological polar surface area (TPSA) is 96.0 Å². The van der Waals surface area contributed by atoms with E-state index in [4.69, 9.17) is 9.73 Å². The van der Waals surface area contributed by atoms with Crippen LogP contribution in [-0.2, 0) is 22.4 Å². The Labute approximate surface area is 279 Å². The first-order chi connectivity index (χ1) is 23.2. The van der Waals surface area contributed by atoms with Gasteiger partial charge in [-0.2, -0.15) is 10.5 Å². The summed E-state index contributed by atoms with van der Waals surface area (Å²) in [6, 6.07) is 9.11. The van der Waals surface area contributed by atoms with Crippen LogP contribution in [0.4, 0.5) is 13.2 Å². The van der Waals surface area contributed by atoms with Crippen molar-refractivity contribution >= 4 is 17.4 Å². The number of dihydropyridines is 1. The number of aryl methyl sites for hydroxylation is 1. The van der Waals surface area contributed by atoms with Gasteiger partial charge in [-0.1, -0.05) is 24.8 Å². The number of allylic oxidation sites excluding steroid dienone is 2. The van der Waals surface area contributed by atoms with Crippen molar-refractivity contribution in [3.05, 3.63) is 76.5 Å². The van der Waals surface area contributed by atoms with E-state index in [1.54, 1.807) is 0 Å². The minimum atomic E-state index is -1.11. The predicted molar refractivity (Wildman–Crippen MR) is 174 cm³/mol. The van der Waals surface area contributed by atoms with Crippen molar-refractivity contribution in [2.45, 2.75) is 75.2 Å². The summed E-state index contributed by atoms with van der Waals surface area (Å²) in [5, 5.41) is 20.2. The normalized spacial score (nSPS) is 29.9. The maximum absolute atomic E-state index is 16.3. The lowest BCUT2D eigenvalue weighted by molar-refractivity contribution is -0.133. The third kappa shape index (κ3) is 5.62. The molecule has 2 aliphatic carbocycles. The zero-order valence-electron chi connectivity index (χ0n) is 26.9. The van der Waals surface area contributed by atoms with Crippen LogP contribution in [-0.4, -0.2) is 89.6 Å². The van der Waals surface area contributed by atoms with Crippen molar-refractivity contribution < 1.29 is 22.7 Å². The zero-order valence-corrected chi connectivity index (χ0v) is 26.9. The second kappa shape index (κ2) is 12.9. The van der Waals surface area contributed by atoms with Crippen molar-refractivity contribution in [2.24, 2.45) is 10.9 Å². The number of amides is 1. The number of carbonyl (C=O) groups is 1. The molecule has 3 saturated heterocycles. The summed E-state index contributed by atoms with van der Waals surface area (Å²) >= 11 is 0. The molecule has 2 unspecified atom stereocenters. The van der Waals surface area contributed by atoms with Crippen LogP contribution >= 0.6 is 0 Å². The molecule has 6 aliphatic rings.